The molecule has 1 aliphatic rings. The minimum absolute atomic E-state index is 0.0771. The number of hydrogen-bond donors (Lipinski definition) is 1. The number of aromatic nitrogens is 1. The Morgan fingerprint density at radius 3 is 2.48 bits per heavy atom. The van der Waals surface area contributed by atoms with Crippen LogP contribution in [0.4, 0.5) is 0 Å². The van der Waals surface area contributed by atoms with Crippen LogP contribution >= 0.6 is 0 Å². The molecule has 1 fully saturated rings. The summed E-state index contributed by atoms with van der Waals surface area (Å²) >= 11 is 0. The molecule has 0 saturated heterocycles. The van der Waals surface area contributed by atoms with Gasteiger partial charge in [0.25, 0.3) is 0 Å². The molecule has 1 heterocycles. The fraction of sp³-hybridized carbons (Fsp3) is 0.455. The van der Waals surface area contributed by atoms with E-state index in [-0.39, 0.29) is 29.9 Å². The summed E-state index contributed by atoms with van der Waals surface area (Å²) in [6, 6.07) is 9.71. The molecule has 8 nitrogen and oxygen atoms in total. The Morgan fingerprint density at radius 2 is 1.84 bits per heavy atom. The van der Waals surface area contributed by atoms with Gasteiger partial charge in [0.2, 0.25) is 15.9 Å². The Labute approximate surface area is 183 Å². The first kappa shape index (κ1) is 23.0. The number of nitrogens with zero attached hydrogens (tertiary/aromatic N) is 2. The van der Waals surface area contributed by atoms with Gasteiger partial charge in [0.15, 0.2) is 11.5 Å². The zero-order valence-electron chi connectivity index (χ0n) is 17.9. The molecule has 0 unspecified atom stereocenters. The van der Waals surface area contributed by atoms with E-state index in [2.05, 4.69) is 10.3 Å². The van der Waals surface area contributed by atoms with Gasteiger partial charge < -0.3 is 14.8 Å². The lowest BCUT2D eigenvalue weighted by molar-refractivity contribution is -0.121. The van der Waals surface area contributed by atoms with Crippen molar-refractivity contribution in [1.82, 2.24) is 14.6 Å². The third-order valence-corrected chi connectivity index (χ3v) is 7.33. The van der Waals surface area contributed by atoms with E-state index in [0.717, 1.165) is 32.1 Å². The zero-order chi connectivity index (χ0) is 22.3. The Balaban J connectivity index is 1.83. The van der Waals surface area contributed by atoms with Crippen LogP contribution in [0.2, 0.25) is 0 Å². The molecule has 3 rings (SSSR count). The molecule has 1 amide bonds. The van der Waals surface area contributed by atoms with Gasteiger partial charge >= 0.3 is 0 Å². The van der Waals surface area contributed by atoms with Crippen molar-refractivity contribution in [1.29, 1.82) is 0 Å². The maximum atomic E-state index is 13.5. The first-order chi connectivity index (χ1) is 15.0. The van der Waals surface area contributed by atoms with Crippen molar-refractivity contribution in [2.45, 2.75) is 49.6 Å². The van der Waals surface area contributed by atoms with Crippen LogP contribution in [0.5, 0.6) is 11.5 Å². The lowest BCUT2D eigenvalue weighted by Crippen LogP contribution is -2.47. The van der Waals surface area contributed by atoms with Crippen LogP contribution in [0.25, 0.3) is 0 Å². The monoisotopic (exact) mass is 447 g/mol. The molecule has 0 bridgehead atoms. The van der Waals surface area contributed by atoms with Crippen molar-refractivity contribution >= 4 is 15.9 Å². The molecule has 1 aromatic heterocycles. The van der Waals surface area contributed by atoms with Gasteiger partial charge in [0.05, 0.1) is 37.9 Å². The number of rotatable bonds is 9. The van der Waals surface area contributed by atoms with Gasteiger partial charge in [-0.1, -0.05) is 25.3 Å². The predicted octanol–water partition coefficient (Wildman–Crippen LogP) is 2.74. The second-order valence-corrected chi connectivity index (χ2v) is 9.35. The number of amides is 1. The molecule has 1 N–H and O–H groups in total. The highest BCUT2D eigenvalue weighted by molar-refractivity contribution is 7.89. The predicted molar refractivity (Wildman–Crippen MR) is 116 cm³/mol. The average Bonchev–Trinajstić information content (AvgIpc) is 2.81. The summed E-state index contributed by atoms with van der Waals surface area (Å²) in [5.74, 6) is 0.408. The molecule has 2 aromatic rings. The summed E-state index contributed by atoms with van der Waals surface area (Å²) in [7, 11) is -0.966. The quantitative estimate of drug-likeness (QED) is 0.635. The number of carbonyl (C=O) groups is 1. The van der Waals surface area contributed by atoms with E-state index in [4.69, 9.17) is 9.47 Å². The third kappa shape index (κ3) is 5.74. The summed E-state index contributed by atoms with van der Waals surface area (Å²) in [6.45, 7) is 0.00274. The molecule has 168 valence electrons. The van der Waals surface area contributed by atoms with Crippen LogP contribution in [0.1, 0.15) is 37.8 Å². The Hall–Kier alpha value is -2.65. The van der Waals surface area contributed by atoms with E-state index in [0.29, 0.717) is 17.2 Å². The van der Waals surface area contributed by atoms with E-state index >= 15 is 0 Å². The van der Waals surface area contributed by atoms with Gasteiger partial charge in [-0.3, -0.25) is 9.78 Å². The number of nitrogens with one attached hydrogen (secondary N) is 1. The van der Waals surface area contributed by atoms with Crippen LogP contribution in [0.15, 0.2) is 47.5 Å². The average molecular weight is 448 g/mol. The zero-order valence-corrected chi connectivity index (χ0v) is 18.7. The second kappa shape index (κ2) is 10.6. The summed E-state index contributed by atoms with van der Waals surface area (Å²) in [6.07, 6.45) is 6.08. The van der Waals surface area contributed by atoms with Gasteiger partial charge in [0.1, 0.15) is 0 Å². The van der Waals surface area contributed by atoms with Crippen LogP contribution in [-0.4, -0.2) is 50.4 Å². The minimum atomic E-state index is -3.91. The third-order valence-electron chi connectivity index (χ3n) is 5.44. The first-order valence-corrected chi connectivity index (χ1v) is 11.8. The number of ether oxygens (including phenoxy) is 2. The minimum Gasteiger partial charge on any atom is -0.493 e. The molecule has 0 spiro atoms. The van der Waals surface area contributed by atoms with Crippen LogP contribution < -0.4 is 14.8 Å². The van der Waals surface area contributed by atoms with Crippen molar-refractivity contribution in [3.05, 3.63) is 48.3 Å². The Morgan fingerprint density at radius 1 is 1.10 bits per heavy atom. The number of carbonyl (C=O) groups excluding carboxylic acids is 1. The SMILES string of the molecule is COc1ccc(S(=O)(=O)N(CC(=O)NCc2ccccn2)C2CCCCC2)cc1OC. The van der Waals surface area contributed by atoms with E-state index in [1.54, 1.807) is 24.4 Å². The topological polar surface area (TPSA) is 97.8 Å². The first-order valence-electron chi connectivity index (χ1n) is 10.4. The van der Waals surface area contributed by atoms with Gasteiger partial charge in [-0.15, -0.1) is 0 Å². The Bertz CT molecular complexity index is 976. The number of benzene rings is 1. The molecule has 1 aliphatic carbocycles. The molecule has 0 radical (unpaired) electrons. The van der Waals surface area contributed by atoms with Crippen LogP contribution in [0.3, 0.4) is 0 Å². The lowest BCUT2D eigenvalue weighted by atomic mass is 9.95. The fourth-order valence-electron chi connectivity index (χ4n) is 3.78. The van der Waals surface area contributed by atoms with Gasteiger partial charge in [-0.05, 0) is 37.1 Å². The maximum Gasteiger partial charge on any atom is 0.243 e. The lowest BCUT2D eigenvalue weighted by Gasteiger charge is -2.33. The standard InChI is InChI=1S/C22H29N3O5S/c1-29-20-12-11-19(14-21(20)30-2)31(27,28)25(18-9-4-3-5-10-18)16-22(26)24-15-17-8-6-7-13-23-17/h6-8,11-14,18H,3-5,9-10,15-16H2,1-2H3,(H,24,26). The molecular formula is C22H29N3O5S. The summed E-state index contributed by atoms with van der Waals surface area (Å²) in [5, 5.41) is 2.78. The smallest absolute Gasteiger partial charge is 0.243 e. The molecule has 0 atom stereocenters. The van der Waals surface area contributed by atoms with Crippen LogP contribution in [-0.2, 0) is 21.4 Å². The normalized spacial score (nSPS) is 14.9. The molecular weight excluding hydrogens is 418 g/mol. The summed E-state index contributed by atoms with van der Waals surface area (Å²) in [5.41, 5.74) is 0.711. The number of sulfonamides is 1. The number of methoxy groups -OCH3 is 2. The van der Waals surface area contributed by atoms with Crippen molar-refractivity contribution in [2.24, 2.45) is 0 Å². The summed E-state index contributed by atoms with van der Waals surface area (Å²) in [4.78, 5) is 16.9. The highest BCUT2D eigenvalue weighted by Crippen LogP contribution is 2.33. The molecule has 31 heavy (non-hydrogen) atoms. The van der Waals surface area contributed by atoms with Crippen molar-refractivity contribution in [3.8, 4) is 11.5 Å². The largest absolute Gasteiger partial charge is 0.493 e. The Kier molecular flexibility index (Phi) is 7.86. The molecule has 0 aliphatic heterocycles. The maximum absolute atomic E-state index is 13.5. The highest BCUT2D eigenvalue weighted by atomic mass is 32.2. The number of hydrogen-bond acceptors (Lipinski definition) is 6. The van der Waals surface area contributed by atoms with E-state index in [9.17, 15) is 13.2 Å². The number of pyridine rings is 1. The molecule has 1 aromatic carbocycles. The van der Waals surface area contributed by atoms with Crippen LogP contribution in [0, 0.1) is 0 Å². The van der Waals surface area contributed by atoms with Crippen molar-refractivity contribution in [2.75, 3.05) is 20.8 Å². The van der Waals surface area contributed by atoms with E-state index < -0.39 is 10.0 Å². The van der Waals surface area contributed by atoms with Gasteiger partial charge in [-0.25, -0.2) is 8.42 Å². The van der Waals surface area contributed by atoms with Crippen molar-refractivity contribution < 1.29 is 22.7 Å². The molecule has 1 saturated carbocycles. The van der Waals surface area contributed by atoms with Gasteiger partial charge in [0, 0.05) is 18.3 Å². The summed E-state index contributed by atoms with van der Waals surface area (Å²) < 4.78 is 38.9. The second-order valence-electron chi connectivity index (χ2n) is 7.46. The van der Waals surface area contributed by atoms with Crippen molar-refractivity contribution in [3.63, 3.8) is 0 Å². The fourth-order valence-corrected chi connectivity index (χ4v) is 5.44. The van der Waals surface area contributed by atoms with E-state index in [1.165, 1.54) is 30.7 Å². The molecule has 9 heteroatoms. The van der Waals surface area contributed by atoms with E-state index in [1.807, 2.05) is 6.07 Å². The van der Waals surface area contributed by atoms with Gasteiger partial charge in [-0.2, -0.15) is 4.31 Å². The highest BCUT2D eigenvalue weighted by Gasteiger charge is 2.34.